The van der Waals surface area contributed by atoms with Gasteiger partial charge < -0.3 is 14.4 Å². The summed E-state index contributed by atoms with van der Waals surface area (Å²) in [6, 6.07) is 8.13. The molecule has 120 valence electrons. The van der Waals surface area contributed by atoms with E-state index in [0.717, 1.165) is 5.56 Å². The van der Waals surface area contributed by atoms with Crippen LogP contribution in [0.1, 0.15) is 11.1 Å². The van der Waals surface area contributed by atoms with Crippen LogP contribution in [-0.2, 0) is 25.6 Å². The highest BCUT2D eigenvalue weighted by atomic mass is 16.5. The third-order valence-electron chi connectivity index (χ3n) is 5.15. The number of fused-ring (bicyclic) bond motifs is 1. The zero-order valence-electron chi connectivity index (χ0n) is 13.2. The maximum Gasteiger partial charge on any atom is 0.312 e. The van der Waals surface area contributed by atoms with Crippen molar-refractivity contribution in [2.24, 2.45) is 11.8 Å². The Morgan fingerprint density at radius 1 is 1.39 bits per heavy atom. The van der Waals surface area contributed by atoms with Gasteiger partial charge in [0.25, 0.3) is 0 Å². The Morgan fingerprint density at radius 3 is 2.83 bits per heavy atom. The summed E-state index contributed by atoms with van der Waals surface area (Å²) < 4.78 is 10.9. The van der Waals surface area contributed by atoms with Crippen molar-refractivity contribution in [3.05, 3.63) is 47.5 Å². The molecular weight excluding hydrogens is 294 g/mol. The maximum absolute atomic E-state index is 12.9. The van der Waals surface area contributed by atoms with Crippen molar-refractivity contribution in [3.8, 4) is 0 Å². The van der Waals surface area contributed by atoms with Crippen LogP contribution in [0.25, 0.3) is 0 Å². The number of rotatable bonds is 3. The Labute approximate surface area is 134 Å². The number of methoxy groups -OCH3 is 1. The van der Waals surface area contributed by atoms with Crippen LogP contribution in [0.2, 0.25) is 0 Å². The van der Waals surface area contributed by atoms with Gasteiger partial charge in [0.05, 0.1) is 25.7 Å². The van der Waals surface area contributed by atoms with E-state index in [1.807, 2.05) is 43.3 Å². The highest BCUT2D eigenvalue weighted by Gasteiger charge is 2.67. The zero-order valence-corrected chi connectivity index (χ0v) is 13.2. The summed E-state index contributed by atoms with van der Waals surface area (Å²) in [5, 5.41) is 0. The number of esters is 1. The lowest BCUT2D eigenvalue weighted by atomic mass is 9.77. The molecular formula is C18H19NO4. The van der Waals surface area contributed by atoms with Gasteiger partial charge >= 0.3 is 5.97 Å². The first-order valence-electron chi connectivity index (χ1n) is 7.83. The minimum Gasteiger partial charge on any atom is -0.469 e. The second-order valence-corrected chi connectivity index (χ2v) is 6.60. The molecule has 0 saturated carbocycles. The molecule has 1 spiro atoms. The summed E-state index contributed by atoms with van der Waals surface area (Å²) in [6.45, 7) is 3.06. The fourth-order valence-corrected chi connectivity index (χ4v) is 4.03. The molecule has 1 aromatic rings. The van der Waals surface area contributed by atoms with Crippen molar-refractivity contribution >= 4 is 11.9 Å². The van der Waals surface area contributed by atoms with Gasteiger partial charge in [-0.3, -0.25) is 9.59 Å². The molecule has 4 atom stereocenters. The Hall–Kier alpha value is -2.14. The first kappa shape index (κ1) is 14.5. The predicted octanol–water partition coefficient (Wildman–Crippen LogP) is 1.45. The van der Waals surface area contributed by atoms with E-state index in [-0.39, 0.29) is 18.0 Å². The maximum atomic E-state index is 12.9. The largest absolute Gasteiger partial charge is 0.469 e. The van der Waals surface area contributed by atoms with Gasteiger partial charge in [0.15, 0.2) is 0 Å². The minimum atomic E-state index is -0.661. The van der Waals surface area contributed by atoms with Gasteiger partial charge in [0, 0.05) is 6.54 Å². The molecule has 3 heterocycles. The number of carbonyl (C=O) groups is 2. The van der Waals surface area contributed by atoms with Gasteiger partial charge in [-0.15, -0.1) is 0 Å². The smallest absolute Gasteiger partial charge is 0.312 e. The lowest BCUT2D eigenvalue weighted by Crippen LogP contribution is -2.39. The summed E-state index contributed by atoms with van der Waals surface area (Å²) in [6.07, 6.45) is 3.51. The van der Waals surface area contributed by atoms with Crippen LogP contribution < -0.4 is 0 Å². The number of amides is 1. The Kier molecular flexibility index (Phi) is 3.10. The number of carbonyl (C=O) groups excluding carboxylic acids is 2. The highest BCUT2D eigenvalue weighted by molar-refractivity contribution is 5.91. The van der Waals surface area contributed by atoms with E-state index < -0.39 is 17.4 Å². The first-order valence-corrected chi connectivity index (χ1v) is 7.83. The second kappa shape index (κ2) is 4.93. The van der Waals surface area contributed by atoms with Gasteiger partial charge in [0.1, 0.15) is 11.5 Å². The normalized spacial score (nSPS) is 34.1. The lowest BCUT2D eigenvalue weighted by molar-refractivity contribution is -0.151. The van der Waals surface area contributed by atoms with Gasteiger partial charge in [-0.05, 0) is 12.5 Å². The summed E-state index contributed by atoms with van der Waals surface area (Å²) in [7, 11) is 1.36. The van der Waals surface area contributed by atoms with Crippen molar-refractivity contribution in [2.75, 3.05) is 13.7 Å². The predicted molar refractivity (Wildman–Crippen MR) is 82.3 cm³/mol. The minimum absolute atomic E-state index is 0.0205. The molecule has 5 nitrogen and oxygen atoms in total. The molecule has 0 N–H and O–H groups in total. The first-order chi connectivity index (χ1) is 11.0. The second-order valence-electron chi connectivity index (χ2n) is 6.60. The third kappa shape index (κ3) is 2.03. The molecule has 0 aliphatic carbocycles. The summed E-state index contributed by atoms with van der Waals surface area (Å²) in [4.78, 5) is 26.8. The molecule has 3 aliphatic rings. The van der Waals surface area contributed by atoms with Crippen LogP contribution in [-0.4, -0.2) is 42.1 Å². The quantitative estimate of drug-likeness (QED) is 0.626. The number of nitrogens with zero attached hydrogens (tertiary/aromatic N) is 1. The fourth-order valence-electron chi connectivity index (χ4n) is 4.03. The molecule has 4 rings (SSSR count). The molecule has 0 aromatic heterocycles. The average Bonchev–Trinajstić information content (AvgIpc) is 3.18. The van der Waals surface area contributed by atoms with E-state index in [2.05, 4.69) is 0 Å². The molecule has 5 heteroatoms. The van der Waals surface area contributed by atoms with Crippen LogP contribution in [0.15, 0.2) is 36.4 Å². The molecule has 2 fully saturated rings. The van der Waals surface area contributed by atoms with Crippen LogP contribution in [0.3, 0.4) is 0 Å². The van der Waals surface area contributed by atoms with Gasteiger partial charge in [-0.1, -0.05) is 42.0 Å². The van der Waals surface area contributed by atoms with E-state index in [0.29, 0.717) is 13.1 Å². The number of aryl methyl sites for hydroxylation is 1. The standard InChI is InChI=1S/C18H19NO4/c1-11-3-5-12(6-4-11)9-19-10-18-8-7-13(23-18)14(17(21)22-2)15(18)16(19)20/h3-8,13-15H,9-10H2,1-2H3/t13-,14+,15-,18+/m0/s1. The van der Waals surface area contributed by atoms with Crippen molar-refractivity contribution in [3.63, 3.8) is 0 Å². The fraction of sp³-hybridized carbons (Fsp3) is 0.444. The van der Waals surface area contributed by atoms with Crippen molar-refractivity contribution in [1.29, 1.82) is 0 Å². The van der Waals surface area contributed by atoms with Crippen molar-refractivity contribution < 1.29 is 19.1 Å². The number of benzene rings is 1. The molecule has 1 amide bonds. The molecule has 0 radical (unpaired) electrons. The average molecular weight is 313 g/mol. The van der Waals surface area contributed by atoms with E-state index in [1.165, 1.54) is 12.7 Å². The monoisotopic (exact) mass is 313 g/mol. The van der Waals surface area contributed by atoms with Gasteiger partial charge in [0.2, 0.25) is 5.91 Å². The van der Waals surface area contributed by atoms with E-state index >= 15 is 0 Å². The van der Waals surface area contributed by atoms with E-state index in [1.54, 1.807) is 4.90 Å². The van der Waals surface area contributed by atoms with Gasteiger partial charge in [-0.2, -0.15) is 0 Å². The summed E-state index contributed by atoms with van der Waals surface area (Å²) >= 11 is 0. The van der Waals surface area contributed by atoms with Crippen molar-refractivity contribution in [1.82, 2.24) is 4.90 Å². The SMILES string of the molecule is COC(=O)[C@@H]1[C@@H]2C=C[C@]3(CN(Cc4ccc(C)cc4)C(=O)[C@H]13)O2. The van der Waals surface area contributed by atoms with Crippen LogP contribution in [0.5, 0.6) is 0 Å². The van der Waals surface area contributed by atoms with Gasteiger partial charge in [-0.25, -0.2) is 0 Å². The number of ether oxygens (including phenoxy) is 2. The summed E-state index contributed by atoms with van der Waals surface area (Å²) in [5.74, 6) is -1.37. The highest BCUT2D eigenvalue weighted by Crippen LogP contribution is 2.52. The van der Waals surface area contributed by atoms with E-state index in [4.69, 9.17) is 9.47 Å². The van der Waals surface area contributed by atoms with Crippen LogP contribution >= 0.6 is 0 Å². The third-order valence-corrected chi connectivity index (χ3v) is 5.15. The number of likely N-dealkylation sites (tertiary alicyclic amines) is 1. The Morgan fingerprint density at radius 2 is 2.13 bits per heavy atom. The summed E-state index contributed by atoms with van der Waals surface area (Å²) in [5.41, 5.74) is 1.60. The zero-order chi connectivity index (χ0) is 16.2. The molecule has 2 saturated heterocycles. The Balaban J connectivity index is 1.60. The molecule has 0 unspecified atom stereocenters. The molecule has 3 aliphatic heterocycles. The molecule has 23 heavy (non-hydrogen) atoms. The molecule has 1 aromatic carbocycles. The lowest BCUT2D eigenvalue weighted by Gasteiger charge is -2.22. The number of hydrogen-bond donors (Lipinski definition) is 0. The van der Waals surface area contributed by atoms with Crippen molar-refractivity contribution in [2.45, 2.75) is 25.2 Å². The topological polar surface area (TPSA) is 55.8 Å². The van der Waals surface area contributed by atoms with Crippen LogP contribution in [0.4, 0.5) is 0 Å². The van der Waals surface area contributed by atoms with E-state index in [9.17, 15) is 9.59 Å². The van der Waals surface area contributed by atoms with Crippen LogP contribution in [0, 0.1) is 18.8 Å². The Bertz CT molecular complexity index is 695. The number of hydrogen-bond acceptors (Lipinski definition) is 4. The molecule has 2 bridgehead atoms.